The second-order valence-corrected chi connectivity index (χ2v) is 12.8. The van der Waals surface area contributed by atoms with Crippen LogP contribution in [0.1, 0.15) is 76.3 Å². The maximum atomic E-state index is 12.1. The van der Waals surface area contributed by atoms with Crippen LogP contribution in [0.25, 0.3) is 0 Å². The highest BCUT2D eigenvalue weighted by Crippen LogP contribution is 2.21. The smallest absolute Gasteiger partial charge is 0.264 e. The van der Waals surface area contributed by atoms with Gasteiger partial charge in [-0.3, -0.25) is 9.59 Å². The van der Waals surface area contributed by atoms with Gasteiger partial charge >= 0.3 is 0 Å². The molecule has 4 rings (SSSR count). The van der Waals surface area contributed by atoms with Gasteiger partial charge in [-0.25, -0.2) is 20.0 Å². The standard InChI is InChI=1S/C35H52N4O6/c1-3-34(42)36-38(19-7-5-8-20-38)24-30(40)26-44-32-15-11-28(12-16-32)23-29-13-17-33(18-14-29)45-27-31(41)25-39(37-35(43)4-2)21-9-6-10-22-39/h11-18,30-31,40-41H,3-10,19-27H2,1-2H3/p+2. The lowest BCUT2D eigenvalue weighted by Gasteiger charge is -2.41. The molecule has 10 heteroatoms. The Balaban J connectivity index is 1.21. The third-order valence-corrected chi connectivity index (χ3v) is 8.97. The zero-order chi connectivity index (χ0) is 32.1. The van der Waals surface area contributed by atoms with Crippen LogP contribution in [0, 0.1) is 0 Å². The van der Waals surface area contributed by atoms with Gasteiger partial charge in [-0.15, -0.1) is 0 Å². The summed E-state index contributed by atoms with van der Waals surface area (Å²) in [7, 11) is 0. The Morgan fingerprint density at radius 2 is 1.00 bits per heavy atom. The van der Waals surface area contributed by atoms with Gasteiger partial charge in [0.2, 0.25) is 0 Å². The summed E-state index contributed by atoms with van der Waals surface area (Å²) in [4.78, 5) is 24.2. The number of benzene rings is 2. The molecule has 2 aromatic rings. The fourth-order valence-corrected chi connectivity index (χ4v) is 6.54. The lowest BCUT2D eigenvalue weighted by atomic mass is 10.0. The molecule has 0 aliphatic carbocycles. The lowest BCUT2D eigenvalue weighted by molar-refractivity contribution is -0.967. The SMILES string of the molecule is CCC(=O)N[N+]1(CC(O)COc2ccc(Cc3ccc(OCC(O)C[N+]4(NC(=O)CC)CCCCC4)cc3)cc2)CCCCC1. The molecular formula is C35H54N4O6+2. The summed E-state index contributed by atoms with van der Waals surface area (Å²) in [5.74, 6) is 1.43. The first-order chi connectivity index (χ1) is 21.7. The molecule has 2 saturated heterocycles. The third kappa shape index (κ3) is 11.0. The van der Waals surface area contributed by atoms with Crippen LogP contribution in [0.3, 0.4) is 0 Å². The number of ether oxygens (including phenoxy) is 2. The predicted octanol–water partition coefficient (Wildman–Crippen LogP) is 3.64. The van der Waals surface area contributed by atoms with Gasteiger partial charge < -0.3 is 19.7 Å². The van der Waals surface area contributed by atoms with Gasteiger partial charge in [0, 0.05) is 12.8 Å². The average molecular weight is 627 g/mol. The van der Waals surface area contributed by atoms with Gasteiger partial charge in [0.25, 0.3) is 11.8 Å². The quantitative estimate of drug-likeness (QED) is 0.212. The van der Waals surface area contributed by atoms with E-state index in [2.05, 4.69) is 10.9 Å². The molecule has 0 saturated carbocycles. The second kappa shape index (κ2) is 16.9. The average Bonchev–Trinajstić information content (AvgIpc) is 3.04. The molecule has 2 fully saturated rings. The van der Waals surface area contributed by atoms with Crippen LogP contribution in [0.4, 0.5) is 0 Å². The number of nitrogens with one attached hydrogen (secondary N) is 2. The van der Waals surface area contributed by atoms with Crippen molar-refractivity contribution in [3.63, 3.8) is 0 Å². The Bertz CT molecular complexity index is 1100. The summed E-state index contributed by atoms with van der Waals surface area (Å²) in [5.41, 5.74) is 8.53. The molecule has 2 atom stereocenters. The Hall–Kier alpha value is -3.18. The van der Waals surface area contributed by atoms with Crippen molar-refractivity contribution in [3.8, 4) is 11.5 Å². The van der Waals surface area contributed by atoms with Crippen molar-refractivity contribution in [2.45, 2.75) is 83.8 Å². The van der Waals surface area contributed by atoms with Gasteiger partial charge in [-0.1, -0.05) is 38.1 Å². The van der Waals surface area contributed by atoms with Crippen LogP contribution in [0.5, 0.6) is 11.5 Å². The molecule has 248 valence electrons. The normalized spacial score (nSPS) is 18.8. The number of aliphatic hydroxyl groups is 2. The zero-order valence-corrected chi connectivity index (χ0v) is 27.2. The number of quaternary nitrogens is 2. The number of nitrogens with zero attached hydrogens (tertiary/aromatic N) is 2. The van der Waals surface area contributed by atoms with Crippen molar-refractivity contribution in [1.29, 1.82) is 0 Å². The van der Waals surface area contributed by atoms with E-state index < -0.39 is 12.2 Å². The van der Waals surface area contributed by atoms with Gasteiger partial charge in [-0.05, 0) is 80.3 Å². The van der Waals surface area contributed by atoms with Crippen LogP contribution in [0.15, 0.2) is 48.5 Å². The highest BCUT2D eigenvalue weighted by molar-refractivity contribution is 5.74. The molecule has 0 bridgehead atoms. The monoisotopic (exact) mass is 626 g/mol. The number of carbonyl (C=O) groups is 2. The Kier molecular flexibility index (Phi) is 13.1. The van der Waals surface area contributed by atoms with E-state index in [1.807, 2.05) is 62.4 Å². The summed E-state index contributed by atoms with van der Waals surface area (Å²) >= 11 is 0. The number of piperidine rings is 2. The van der Waals surface area contributed by atoms with Crippen LogP contribution < -0.4 is 20.3 Å². The van der Waals surface area contributed by atoms with Crippen molar-refractivity contribution in [3.05, 3.63) is 59.7 Å². The van der Waals surface area contributed by atoms with Crippen LogP contribution in [-0.2, 0) is 16.0 Å². The highest BCUT2D eigenvalue weighted by Gasteiger charge is 2.36. The number of rotatable bonds is 16. The molecular weight excluding hydrogens is 572 g/mol. The Morgan fingerprint density at radius 1 is 0.644 bits per heavy atom. The van der Waals surface area contributed by atoms with E-state index in [4.69, 9.17) is 9.47 Å². The Morgan fingerprint density at radius 3 is 1.33 bits per heavy atom. The summed E-state index contributed by atoms with van der Waals surface area (Å²) in [6, 6.07) is 15.8. The number of carbonyl (C=O) groups excluding carboxylic acids is 2. The molecule has 2 aromatic carbocycles. The minimum atomic E-state index is -0.684. The van der Waals surface area contributed by atoms with Gasteiger partial charge in [0.15, 0.2) is 0 Å². The second-order valence-electron chi connectivity index (χ2n) is 12.8. The predicted molar refractivity (Wildman–Crippen MR) is 173 cm³/mol. The summed E-state index contributed by atoms with van der Waals surface area (Å²) in [5, 5.41) is 21.5. The van der Waals surface area contributed by atoms with E-state index in [9.17, 15) is 19.8 Å². The number of hydrogen-bond donors (Lipinski definition) is 4. The van der Waals surface area contributed by atoms with Crippen LogP contribution >= 0.6 is 0 Å². The van der Waals surface area contributed by atoms with E-state index in [0.29, 0.717) is 46.6 Å². The highest BCUT2D eigenvalue weighted by atomic mass is 16.5. The molecule has 2 aliphatic heterocycles. The summed E-state index contributed by atoms with van der Waals surface area (Å²) in [6.07, 6.45) is 6.73. The molecule has 2 amide bonds. The first kappa shape index (κ1) is 34.7. The first-order valence-corrected chi connectivity index (χ1v) is 16.9. The van der Waals surface area contributed by atoms with E-state index in [1.165, 1.54) is 0 Å². The minimum Gasteiger partial charge on any atom is -0.491 e. The third-order valence-electron chi connectivity index (χ3n) is 8.97. The van der Waals surface area contributed by atoms with Crippen molar-refractivity contribution in [1.82, 2.24) is 10.9 Å². The van der Waals surface area contributed by atoms with Crippen LogP contribution in [-0.4, -0.2) is 95.9 Å². The summed E-state index contributed by atoms with van der Waals surface area (Å²) < 4.78 is 12.7. The largest absolute Gasteiger partial charge is 0.491 e. The fraction of sp³-hybridized carbons (Fsp3) is 0.600. The fourth-order valence-electron chi connectivity index (χ4n) is 6.54. The number of aliphatic hydroxyl groups excluding tert-OH is 2. The van der Waals surface area contributed by atoms with E-state index >= 15 is 0 Å². The van der Waals surface area contributed by atoms with E-state index in [0.717, 1.165) is 82.3 Å². The topological polar surface area (TPSA) is 117 Å². The van der Waals surface area contributed by atoms with Gasteiger partial charge in [0.1, 0.15) is 76.2 Å². The molecule has 0 aromatic heterocycles. The molecule has 45 heavy (non-hydrogen) atoms. The molecule has 2 heterocycles. The zero-order valence-electron chi connectivity index (χ0n) is 27.2. The Labute approximate surface area is 268 Å². The number of amides is 2. The lowest BCUT2D eigenvalue weighted by Crippen LogP contribution is -2.65. The molecule has 2 unspecified atom stereocenters. The minimum absolute atomic E-state index is 0.0129. The summed E-state index contributed by atoms with van der Waals surface area (Å²) in [6.45, 7) is 8.29. The van der Waals surface area contributed by atoms with Gasteiger partial charge in [-0.2, -0.15) is 0 Å². The molecule has 4 N–H and O–H groups in total. The van der Waals surface area contributed by atoms with Crippen molar-refractivity contribution in [2.75, 3.05) is 52.5 Å². The van der Waals surface area contributed by atoms with E-state index in [-0.39, 0.29) is 25.0 Å². The van der Waals surface area contributed by atoms with E-state index in [1.54, 1.807) is 0 Å². The van der Waals surface area contributed by atoms with Crippen molar-refractivity contribution >= 4 is 11.8 Å². The first-order valence-electron chi connectivity index (χ1n) is 16.9. The van der Waals surface area contributed by atoms with Crippen LogP contribution in [0.2, 0.25) is 0 Å². The number of likely N-dealkylation sites (tertiary alicyclic amines) is 2. The molecule has 10 nitrogen and oxygen atoms in total. The molecule has 0 radical (unpaired) electrons. The maximum Gasteiger partial charge on any atom is 0.264 e. The molecule has 2 aliphatic rings. The molecule has 0 spiro atoms. The maximum absolute atomic E-state index is 12.1. The van der Waals surface area contributed by atoms with Gasteiger partial charge in [0.05, 0.1) is 0 Å². The van der Waals surface area contributed by atoms with Crippen molar-refractivity contribution < 1.29 is 38.5 Å². The number of hydrogen-bond acceptors (Lipinski definition) is 6. The van der Waals surface area contributed by atoms with Crippen molar-refractivity contribution in [2.24, 2.45) is 0 Å².